The summed E-state index contributed by atoms with van der Waals surface area (Å²) in [5.41, 5.74) is -0.479. The van der Waals surface area contributed by atoms with Gasteiger partial charge in [-0.25, -0.2) is 0 Å². The molecule has 2 atom stereocenters. The van der Waals surface area contributed by atoms with Crippen molar-refractivity contribution in [2.24, 2.45) is 0 Å². The number of esters is 1. The third-order valence-electron chi connectivity index (χ3n) is 3.23. The normalized spacial score (nSPS) is 21.5. The standard InChI is InChI=1S/C15H29NO5/c1-15(2,3)21-14(18)13-6-5-7-16(13)10-12(17)11-20-9-8-19-4/h12-13,17H,5-11H2,1-4H3/t12?,13-/m1/s1. The van der Waals surface area contributed by atoms with E-state index in [4.69, 9.17) is 14.2 Å². The number of aliphatic hydroxyl groups is 1. The van der Waals surface area contributed by atoms with Crippen molar-refractivity contribution in [3.63, 3.8) is 0 Å². The number of aliphatic hydroxyl groups excluding tert-OH is 1. The Balaban J connectivity index is 2.37. The molecule has 1 heterocycles. The number of β-amino-alcohol motifs (C(OH)–C–C–N with tert-alkyl or cyclic N) is 1. The number of carbonyl (C=O) groups excluding carboxylic acids is 1. The molecule has 1 fully saturated rings. The van der Waals surface area contributed by atoms with Gasteiger partial charge in [-0.05, 0) is 40.2 Å². The Morgan fingerprint density at radius 3 is 2.71 bits per heavy atom. The maximum absolute atomic E-state index is 12.2. The number of likely N-dealkylation sites (tertiary alicyclic amines) is 1. The summed E-state index contributed by atoms with van der Waals surface area (Å²) < 4.78 is 15.6. The van der Waals surface area contributed by atoms with Gasteiger partial charge in [0.2, 0.25) is 0 Å². The second-order valence-electron chi connectivity index (χ2n) is 6.41. The molecule has 0 aliphatic carbocycles. The summed E-state index contributed by atoms with van der Waals surface area (Å²) in [5, 5.41) is 9.98. The first-order valence-corrected chi connectivity index (χ1v) is 7.55. The van der Waals surface area contributed by atoms with Gasteiger partial charge in [-0.3, -0.25) is 9.69 Å². The first-order chi connectivity index (χ1) is 9.83. The molecule has 0 aromatic rings. The van der Waals surface area contributed by atoms with Crippen LogP contribution in [-0.2, 0) is 19.0 Å². The van der Waals surface area contributed by atoms with Crippen LogP contribution in [0.25, 0.3) is 0 Å². The zero-order chi connectivity index (χ0) is 15.9. The second kappa shape index (κ2) is 8.68. The van der Waals surface area contributed by atoms with Gasteiger partial charge in [0.1, 0.15) is 11.6 Å². The van der Waals surface area contributed by atoms with Crippen molar-refractivity contribution in [2.45, 2.75) is 51.4 Å². The van der Waals surface area contributed by atoms with E-state index in [0.29, 0.717) is 19.8 Å². The van der Waals surface area contributed by atoms with E-state index < -0.39 is 11.7 Å². The first kappa shape index (κ1) is 18.4. The Morgan fingerprint density at radius 2 is 2.10 bits per heavy atom. The maximum atomic E-state index is 12.2. The summed E-state index contributed by atoms with van der Waals surface area (Å²) in [6.45, 7) is 8.05. The molecule has 0 saturated carbocycles. The summed E-state index contributed by atoms with van der Waals surface area (Å²) >= 11 is 0. The van der Waals surface area contributed by atoms with Gasteiger partial charge in [0.15, 0.2) is 0 Å². The van der Waals surface area contributed by atoms with Crippen molar-refractivity contribution in [3.05, 3.63) is 0 Å². The fraction of sp³-hybridized carbons (Fsp3) is 0.933. The molecule has 0 aromatic heterocycles. The van der Waals surface area contributed by atoms with Crippen LogP contribution < -0.4 is 0 Å². The highest BCUT2D eigenvalue weighted by Gasteiger charge is 2.34. The van der Waals surface area contributed by atoms with Crippen LogP contribution in [0.15, 0.2) is 0 Å². The lowest BCUT2D eigenvalue weighted by molar-refractivity contribution is -0.160. The number of hydrogen-bond donors (Lipinski definition) is 1. The number of hydrogen-bond acceptors (Lipinski definition) is 6. The lowest BCUT2D eigenvalue weighted by Gasteiger charge is -2.28. The summed E-state index contributed by atoms with van der Waals surface area (Å²) in [4.78, 5) is 14.1. The smallest absolute Gasteiger partial charge is 0.323 e. The van der Waals surface area contributed by atoms with Gasteiger partial charge >= 0.3 is 5.97 Å². The Kier molecular flexibility index (Phi) is 7.59. The molecule has 1 aliphatic heterocycles. The molecule has 0 spiro atoms. The summed E-state index contributed by atoms with van der Waals surface area (Å²) in [5.74, 6) is -0.201. The van der Waals surface area contributed by atoms with Gasteiger partial charge in [-0.1, -0.05) is 0 Å². The van der Waals surface area contributed by atoms with Crippen LogP contribution in [0.2, 0.25) is 0 Å². The molecule has 1 unspecified atom stereocenters. The molecule has 1 rings (SSSR count). The van der Waals surface area contributed by atoms with Crippen molar-refractivity contribution in [1.29, 1.82) is 0 Å². The topological polar surface area (TPSA) is 68.2 Å². The molecule has 1 aliphatic rings. The second-order valence-corrected chi connectivity index (χ2v) is 6.41. The van der Waals surface area contributed by atoms with E-state index >= 15 is 0 Å². The van der Waals surface area contributed by atoms with Gasteiger partial charge in [0.05, 0.1) is 25.9 Å². The Bertz CT molecular complexity index is 316. The van der Waals surface area contributed by atoms with Crippen LogP contribution in [0.4, 0.5) is 0 Å². The van der Waals surface area contributed by atoms with Gasteiger partial charge in [0, 0.05) is 13.7 Å². The average molecular weight is 303 g/mol. The van der Waals surface area contributed by atoms with E-state index in [1.807, 2.05) is 25.7 Å². The predicted molar refractivity (Wildman–Crippen MR) is 79.1 cm³/mol. The highest BCUT2D eigenvalue weighted by atomic mass is 16.6. The van der Waals surface area contributed by atoms with E-state index in [0.717, 1.165) is 19.4 Å². The Morgan fingerprint density at radius 1 is 1.38 bits per heavy atom. The molecular formula is C15H29NO5. The maximum Gasteiger partial charge on any atom is 0.323 e. The summed E-state index contributed by atoms with van der Waals surface area (Å²) in [6, 6.07) is -0.252. The zero-order valence-corrected chi connectivity index (χ0v) is 13.6. The molecule has 0 aromatic carbocycles. The fourth-order valence-corrected chi connectivity index (χ4v) is 2.37. The van der Waals surface area contributed by atoms with E-state index in [-0.39, 0.29) is 18.6 Å². The molecule has 0 amide bonds. The zero-order valence-electron chi connectivity index (χ0n) is 13.6. The van der Waals surface area contributed by atoms with Crippen molar-refractivity contribution in [3.8, 4) is 0 Å². The molecule has 6 heteroatoms. The van der Waals surface area contributed by atoms with Crippen molar-refractivity contribution >= 4 is 5.97 Å². The van der Waals surface area contributed by atoms with Crippen LogP contribution in [0.5, 0.6) is 0 Å². The monoisotopic (exact) mass is 303 g/mol. The SMILES string of the molecule is COCCOCC(O)CN1CCC[C@@H]1C(=O)OC(C)(C)C. The third-order valence-corrected chi connectivity index (χ3v) is 3.23. The van der Waals surface area contributed by atoms with E-state index in [9.17, 15) is 9.90 Å². The first-order valence-electron chi connectivity index (χ1n) is 7.55. The molecule has 124 valence electrons. The Hall–Kier alpha value is -0.690. The van der Waals surface area contributed by atoms with Crippen LogP contribution in [0.3, 0.4) is 0 Å². The Labute approximate surface area is 127 Å². The van der Waals surface area contributed by atoms with Crippen molar-refractivity contribution in [2.75, 3.05) is 40.0 Å². The van der Waals surface area contributed by atoms with Gasteiger partial charge < -0.3 is 19.3 Å². The van der Waals surface area contributed by atoms with E-state index in [1.165, 1.54) is 0 Å². The minimum absolute atomic E-state index is 0.201. The largest absolute Gasteiger partial charge is 0.459 e. The molecular weight excluding hydrogens is 274 g/mol. The summed E-state index contributed by atoms with van der Waals surface area (Å²) in [7, 11) is 1.61. The van der Waals surface area contributed by atoms with Gasteiger partial charge in [-0.15, -0.1) is 0 Å². The molecule has 21 heavy (non-hydrogen) atoms. The quantitative estimate of drug-likeness (QED) is 0.529. The minimum atomic E-state index is -0.607. The number of methoxy groups -OCH3 is 1. The molecule has 0 bridgehead atoms. The van der Waals surface area contributed by atoms with Crippen molar-refractivity contribution < 1.29 is 24.1 Å². The van der Waals surface area contributed by atoms with Gasteiger partial charge in [0.25, 0.3) is 0 Å². The molecule has 1 N–H and O–H groups in total. The van der Waals surface area contributed by atoms with E-state index in [1.54, 1.807) is 7.11 Å². The van der Waals surface area contributed by atoms with Gasteiger partial charge in [-0.2, -0.15) is 0 Å². The third kappa shape index (κ3) is 7.22. The van der Waals surface area contributed by atoms with Crippen LogP contribution in [0, 0.1) is 0 Å². The lowest BCUT2D eigenvalue weighted by atomic mass is 10.1. The highest BCUT2D eigenvalue weighted by molar-refractivity contribution is 5.76. The average Bonchev–Trinajstić information content (AvgIpc) is 2.81. The van der Waals surface area contributed by atoms with Crippen LogP contribution >= 0.6 is 0 Å². The van der Waals surface area contributed by atoms with Crippen LogP contribution in [0.1, 0.15) is 33.6 Å². The highest BCUT2D eigenvalue weighted by Crippen LogP contribution is 2.21. The van der Waals surface area contributed by atoms with E-state index in [2.05, 4.69) is 0 Å². The molecule has 0 radical (unpaired) electrons. The lowest BCUT2D eigenvalue weighted by Crippen LogP contribution is -2.44. The number of ether oxygens (including phenoxy) is 3. The number of carbonyl (C=O) groups is 1. The minimum Gasteiger partial charge on any atom is -0.459 e. The number of nitrogens with zero attached hydrogens (tertiary/aromatic N) is 1. The fourth-order valence-electron chi connectivity index (χ4n) is 2.37. The summed E-state index contributed by atoms with van der Waals surface area (Å²) in [6.07, 6.45) is 1.12. The van der Waals surface area contributed by atoms with Crippen molar-refractivity contribution in [1.82, 2.24) is 4.90 Å². The predicted octanol–water partition coefficient (Wildman–Crippen LogP) is 0.816. The molecule has 1 saturated heterocycles. The van der Waals surface area contributed by atoms with Crippen LogP contribution in [-0.4, -0.2) is 73.7 Å². The molecule has 6 nitrogen and oxygen atoms in total. The number of rotatable bonds is 8.